The Morgan fingerprint density at radius 2 is 1.71 bits per heavy atom. The minimum atomic E-state index is -3.83. The van der Waals surface area contributed by atoms with Crippen molar-refractivity contribution < 1.29 is 22.7 Å². The third kappa shape index (κ3) is 4.99. The Kier molecular flexibility index (Phi) is 6.13. The summed E-state index contributed by atoms with van der Waals surface area (Å²) in [5, 5.41) is 0. The molecular weight excluding hydrogens is 416 g/mol. The number of carbonyl (C=O) groups is 2. The number of ketones is 2. The second-order valence-electron chi connectivity index (χ2n) is 7.34. The summed E-state index contributed by atoms with van der Waals surface area (Å²) in [6.45, 7) is 3.27. The van der Waals surface area contributed by atoms with E-state index < -0.39 is 10.0 Å². The summed E-state index contributed by atoms with van der Waals surface area (Å²) in [5.41, 5.74) is 1.88. The van der Waals surface area contributed by atoms with Crippen LogP contribution in [0.5, 0.6) is 0 Å². The molecule has 1 aliphatic heterocycles. The summed E-state index contributed by atoms with van der Waals surface area (Å²) >= 11 is 0. The minimum Gasteiger partial charge on any atom is -0.379 e. The quantitative estimate of drug-likeness (QED) is 0.697. The van der Waals surface area contributed by atoms with Gasteiger partial charge in [-0.1, -0.05) is 30.3 Å². The van der Waals surface area contributed by atoms with Gasteiger partial charge in [-0.3, -0.25) is 19.2 Å². The van der Waals surface area contributed by atoms with Gasteiger partial charge in [0, 0.05) is 25.2 Å². The normalized spacial score (nSPS) is 17.5. The third-order valence-electron chi connectivity index (χ3n) is 5.17. The molecule has 1 heterocycles. The van der Waals surface area contributed by atoms with Gasteiger partial charge in [-0.2, -0.15) is 0 Å². The van der Waals surface area contributed by atoms with Gasteiger partial charge in [-0.05, 0) is 47.6 Å². The first-order valence-electron chi connectivity index (χ1n) is 9.92. The highest BCUT2D eigenvalue weighted by Crippen LogP contribution is 2.28. The van der Waals surface area contributed by atoms with E-state index in [1.54, 1.807) is 36.4 Å². The number of sulfonamides is 1. The van der Waals surface area contributed by atoms with Crippen LogP contribution in [0.4, 0.5) is 5.69 Å². The van der Waals surface area contributed by atoms with E-state index in [1.165, 1.54) is 30.4 Å². The fourth-order valence-electron chi connectivity index (χ4n) is 3.52. The highest BCUT2D eigenvalue weighted by atomic mass is 32.2. The van der Waals surface area contributed by atoms with Crippen LogP contribution in [0, 0.1) is 0 Å². The van der Waals surface area contributed by atoms with Gasteiger partial charge < -0.3 is 4.74 Å². The molecule has 4 rings (SSSR count). The Morgan fingerprint density at radius 3 is 2.45 bits per heavy atom. The van der Waals surface area contributed by atoms with E-state index in [-0.39, 0.29) is 22.0 Å². The van der Waals surface area contributed by atoms with Gasteiger partial charge >= 0.3 is 0 Å². The number of allylic oxidation sites excluding steroid dienone is 4. The van der Waals surface area contributed by atoms with Crippen molar-refractivity contribution in [1.82, 2.24) is 4.90 Å². The van der Waals surface area contributed by atoms with Gasteiger partial charge in [-0.25, -0.2) is 8.42 Å². The van der Waals surface area contributed by atoms with Gasteiger partial charge in [-0.15, -0.1) is 0 Å². The van der Waals surface area contributed by atoms with Gasteiger partial charge in [0.1, 0.15) is 0 Å². The maximum absolute atomic E-state index is 13.0. The van der Waals surface area contributed by atoms with Crippen LogP contribution >= 0.6 is 0 Å². The standard InChI is InChI=1S/C23H22N2O5S/c26-19-8-9-23(27)21(15-19)17-6-7-18(16-25-10-12-30-13-11-25)22(14-17)24-31(28,29)20-4-2-1-3-5-20/h1-9,14-15,24H,10-13,16H2. The molecule has 7 nitrogen and oxygen atoms in total. The molecule has 0 aromatic heterocycles. The third-order valence-corrected chi connectivity index (χ3v) is 6.55. The van der Waals surface area contributed by atoms with E-state index in [2.05, 4.69) is 9.62 Å². The molecule has 31 heavy (non-hydrogen) atoms. The Hall–Kier alpha value is -3.07. The van der Waals surface area contributed by atoms with E-state index >= 15 is 0 Å². The van der Waals surface area contributed by atoms with Crippen molar-refractivity contribution in [2.45, 2.75) is 11.4 Å². The van der Waals surface area contributed by atoms with Crippen molar-refractivity contribution >= 4 is 32.9 Å². The van der Waals surface area contributed by atoms with Crippen LogP contribution in [0.3, 0.4) is 0 Å². The molecule has 0 spiro atoms. The molecule has 8 heteroatoms. The predicted molar refractivity (Wildman–Crippen MR) is 117 cm³/mol. The van der Waals surface area contributed by atoms with Crippen LogP contribution in [0.1, 0.15) is 11.1 Å². The van der Waals surface area contributed by atoms with Crippen molar-refractivity contribution in [3.63, 3.8) is 0 Å². The zero-order valence-corrected chi connectivity index (χ0v) is 17.6. The molecule has 0 bridgehead atoms. The zero-order valence-electron chi connectivity index (χ0n) is 16.8. The second kappa shape index (κ2) is 8.97. The molecule has 1 fully saturated rings. The summed E-state index contributed by atoms with van der Waals surface area (Å²) in [6, 6.07) is 13.2. The monoisotopic (exact) mass is 438 g/mol. The molecule has 0 atom stereocenters. The van der Waals surface area contributed by atoms with Crippen molar-refractivity contribution in [2.24, 2.45) is 0 Å². The molecule has 1 aliphatic carbocycles. The molecule has 1 saturated heterocycles. The smallest absolute Gasteiger partial charge is 0.261 e. The van der Waals surface area contributed by atoms with Crippen molar-refractivity contribution in [3.8, 4) is 0 Å². The zero-order chi connectivity index (χ0) is 21.8. The highest BCUT2D eigenvalue weighted by Gasteiger charge is 2.21. The Labute approximate surface area is 181 Å². The maximum atomic E-state index is 13.0. The van der Waals surface area contributed by atoms with Crippen LogP contribution in [0.15, 0.2) is 71.7 Å². The number of ether oxygens (including phenoxy) is 1. The number of benzene rings is 2. The summed E-state index contributed by atoms with van der Waals surface area (Å²) in [5.74, 6) is -0.573. The number of hydrogen-bond donors (Lipinski definition) is 1. The van der Waals surface area contributed by atoms with Gasteiger partial charge in [0.05, 0.1) is 23.8 Å². The predicted octanol–water partition coefficient (Wildman–Crippen LogP) is 2.41. The number of anilines is 1. The Morgan fingerprint density at radius 1 is 0.968 bits per heavy atom. The van der Waals surface area contributed by atoms with E-state index in [1.807, 2.05) is 0 Å². The van der Waals surface area contributed by atoms with Crippen LogP contribution in [0.2, 0.25) is 0 Å². The van der Waals surface area contributed by atoms with Crippen LogP contribution < -0.4 is 4.72 Å². The fourth-order valence-corrected chi connectivity index (χ4v) is 4.63. The average Bonchev–Trinajstić information content (AvgIpc) is 2.78. The van der Waals surface area contributed by atoms with E-state index in [9.17, 15) is 18.0 Å². The number of hydrogen-bond acceptors (Lipinski definition) is 6. The lowest BCUT2D eigenvalue weighted by molar-refractivity contribution is -0.113. The molecule has 2 aliphatic rings. The summed E-state index contributed by atoms with van der Waals surface area (Å²) in [7, 11) is -3.83. The summed E-state index contributed by atoms with van der Waals surface area (Å²) < 4.78 is 34.0. The largest absolute Gasteiger partial charge is 0.379 e. The van der Waals surface area contributed by atoms with E-state index in [4.69, 9.17) is 4.74 Å². The molecule has 1 N–H and O–H groups in total. The van der Waals surface area contributed by atoms with Crippen molar-refractivity contribution in [1.29, 1.82) is 0 Å². The van der Waals surface area contributed by atoms with Crippen molar-refractivity contribution in [3.05, 3.63) is 77.9 Å². The molecule has 2 aromatic carbocycles. The Balaban J connectivity index is 1.71. The molecular formula is C23H22N2O5S. The fraction of sp³-hybridized carbons (Fsp3) is 0.217. The van der Waals surface area contributed by atoms with Gasteiger partial charge in [0.25, 0.3) is 10.0 Å². The van der Waals surface area contributed by atoms with Gasteiger partial charge in [0.2, 0.25) is 0 Å². The van der Waals surface area contributed by atoms with E-state index in [0.717, 1.165) is 18.7 Å². The Bertz CT molecular complexity index is 1160. The number of rotatable bonds is 6. The average molecular weight is 439 g/mol. The number of nitrogens with zero attached hydrogens (tertiary/aromatic N) is 1. The summed E-state index contributed by atoms with van der Waals surface area (Å²) in [6.07, 6.45) is 3.72. The molecule has 0 amide bonds. The topological polar surface area (TPSA) is 92.8 Å². The molecule has 0 radical (unpaired) electrons. The number of morpholine rings is 1. The van der Waals surface area contributed by atoms with Crippen LogP contribution in [-0.4, -0.2) is 51.2 Å². The molecule has 0 unspecified atom stereocenters. The summed E-state index contributed by atoms with van der Waals surface area (Å²) in [4.78, 5) is 26.4. The number of nitrogens with one attached hydrogen (secondary N) is 1. The SMILES string of the molecule is O=C1C=CC(=O)C(c2ccc(CN3CCOCC3)c(NS(=O)(=O)c3ccccc3)c2)=C1. The molecule has 160 valence electrons. The second-order valence-corrected chi connectivity index (χ2v) is 9.02. The first-order chi connectivity index (χ1) is 14.9. The molecule has 2 aromatic rings. The minimum absolute atomic E-state index is 0.142. The lowest BCUT2D eigenvalue weighted by Gasteiger charge is -2.27. The highest BCUT2D eigenvalue weighted by molar-refractivity contribution is 7.92. The van der Waals surface area contributed by atoms with Crippen LogP contribution in [-0.2, 0) is 30.9 Å². The first-order valence-corrected chi connectivity index (χ1v) is 11.4. The number of carbonyl (C=O) groups excluding carboxylic acids is 2. The maximum Gasteiger partial charge on any atom is 0.261 e. The molecule has 0 saturated carbocycles. The first kappa shape index (κ1) is 21.2. The lowest BCUT2D eigenvalue weighted by atomic mass is 9.95. The van der Waals surface area contributed by atoms with Crippen molar-refractivity contribution in [2.75, 3.05) is 31.0 Å². The lowest BCUT2D eigenvalue weighted by Crippen LogP contribution is -2.35. The van der Waals surface area contributed by atoms with Crippen LogP contribution in [0.25, 0.3) is 5.57 Å². The van der Waals surface area contributed by atoms with Gasteiger partial charge in [0.15, 0.2) is 11.6 Å². The van der Waals surface area contributed by atoms with E-state index in [0.29, 0.717) is 31.0 Å².